The first-order chi connectivity index (χ1) is 7.70. The minimum Gasteiger partial charge on any atom is -0.478 e. The van der Waals surface area contributed by atoms with Gasteiger partial charge in [-0.15, -0.1) is 10.2 Å². The van der Waals surface area contributed by atoms with E-state index in [1.54, 1.807) is 18.2 Å². The lowest BCUT2D eigenvalue weighted by atomic mass is 10.1. The van der Waals surface area contributed by atoms with Crippen LogP contribution >= 0.6 is 11.6 Å². The van der Waals surface area contributed by atoms with E-state index in [1.807, 2.05) is 12.1 Å². The first-order valence-electron chi connectivity index (χ1n) is 4.64. The highest BCUT2D eigenvalue weighted by molar-refractivity contribution is 6.30. The van der Waals surface area contributed by atoms with Crippen molar-refractivity contribution in [3.8, 4) is 17.1 Å². The van der Waals surface area contributed by atoms with Gasteiger partial charge in [0.15, 0.2) is 0 Å². The molecular weight excluding hydrogens is 226 g/mol. The number of ether oxygens (including phenoxy) is 1. The monoisotopic (exact) mass is 235 g/mol. The molecule has 2 rings (SSSR count). The van der Waals surface area contributed by atoms with E-state index in [9.17, 15) is 0 Å². The van der Waals surface area contributed by atoms with Crippen LogP contribution in [0.1, 0.15) is 0 Å². The maximum absolute atomic E-state index is 5.89. The minimum absolute atomic E-state index is 0.325. The van der Waals surface area contributed by atoms with Crippen molar-refractivity contribution in [1.82, 2.24) is 10.2 Å². The van der Waals surface area contributed by atoms with E-state index < -0.39 is 0 Å². The van der Waals surface area contributed by atoms with Gasteiger partial charge in [0, 0.05) is 10.6 Å². The van der Waals surface area contributed by atoms with Gasteiger partial charge < -0.3 is 10.5 Å². The number of anilines is 1. The molecule has 0 unspecified atom stereocenters. The molecule has 1 heterocycles. The van der Waals surface area contributed by atoms with Gasteiger partial charge >= 0.3 is 0 Å². The molecule has 0 radical (unpaired) electrons. The summed E-state index contributed by atoms with van der Waals surface area (Å²) in [5.41, 5.74) is 7.74. The van der Waals surface area contributed by atoms with Crippen LogP contribution in [0.15, 0.2) is 30.3 Å². The second kappa shape index (κ2) is 4.37. The Morgan fingerprint density at radius 2 is 2.06 bits per heavy atom. The summed E-state index contributed by atoms with van der Waals surface area (Å²) in [7, 11) is 1.50. The fourth-order valence-corrected chi connectivity index (χ4v) is 1.53. The highest BCUT2D eigenvalue weighted by atomic mass is 35.5. The second-order valence-corrected chi connectivity index (χ2v) is 3.64. The lowest BCUT2D eigenvalue weighted by molar-refractivity contribution is 0.394. The number of hydrogen-bond donors (Lipinski definition) is 1. The Labute approximate surface area is 98.0 Å². The normalized spacial score (nSPS) is 10.1. The minimum atomic E-state index is 0.325. The quantitative estimate of drug-likeness (QED) is 0.868. The van der Waals surface area contributed by atoms with Crippen LogP contribution in [-0.4, -0.2) is 17.3 Å². The molecule has 0 spiro atoms. The average Bonchev–Trinajstić information content (AvgIpc) is 2.29. The Balaban J connectivity index is 2.45. The van der Waals surface area contributed by atoms with Crippen LogP contribution in [0.5, 0.6) is 5.88 Å². The number of nitrogens with zero attached hydrogens (tertiary/aromatic N) is 2. The van der Waals surface area contributed by atoms with Crippen molar-refractivity contribution >= 4 is 17.3 Å². The highest BCUT2D eigenvalue weighted by Crippen LogP contribution is 2.25. The molecule has 4 nitrogen and oxygen atoms in total. The van der Waals surface area contributed by atoms with Crippen molar-refractivity contribution in [3.05, 3.63) is 35.4 Å². The van der Waals surface area contributed by atoms with Crippen LogP contribution in [0.3, 0.4) is 0 Å². The summed E-state index contributed by atoms with van der Waals surface area (Å²) in [5.74, 6) is 0.325. The largest absolute Gasteiger partial charge is 0.478 e. The summed E-state index contributed by atoms with van der Waals surface area (Å²) >= 11 is 5.89. The summed E-state index contributed by atoms with van der Waals surface area (Å²) in [6.07, 6.45) is 0. The van der Waals surface area contributed by atoms with E-state index in [4.69, 9.17) is 22.1 Å². The number of rotatable bonds is 2. The molecule has 0 amide bonds. The fraction of sp³-hybridized carbons (Fsp3) is 0.0909. The number of methoxy groups -OCH3 is 1. The molecule has 0 saturated heterocycles. The van der Waals surface area contributed by atoms with E-state index in [1.165, 1.54) is 7.11 Å². The molecule has 2 aromatic rings. The molecular formula is C11H10ClN3O. The predicted octanol–water partition coefficient (Wildman–Crippen LogP) is 2.39. The summed E-state index contributed by atoms with van der Waals surface area (Å²) in [6.45, 7) is 0. The lowest BCUT2D eigenvalue weighted by Crippen LogP contribution is -1.98. The highest BCUT2D eigenvalue weighted by Gasteiger charge is 2.06. The zero-order chi connectivity index (χ0) is 11.5. The Hall–Kier alpha value is -1.81. The number of nitrogens with two attached hydrogens (primary N) is 1. The van der Waals surface area contributed by atoms with E-state index in [-0.39, 0.29) is 0 Å². The van der Waals surface area contributed by atoms with Gasteiger partial charge in [0.05, 0.1) is 18.5 Å². The van der Waals surface area contributed by atoms with Crippen molar-refractivity contribution in [1.29, 1.82) is 0 Å². The number of benzene rings is 1. The van der Waals surface area contributed by atoms with Crippen molar-refractivity contribution in [2.75, 3.05) is 12.8 Å². The topological polar surface area (TPSA) is 61.0 Å². The maximum atomic E-state index is 5.89. The van der Waals surface area contributed by atoms with Gasteiger partial charge in [-0.25, -0.2) is 0 Å². The molecule has 1 aromatic heterocycles. The Morgan fingerprint density at radius 3 is 2.69 bits per heavy atom. The smallest absolute Gasteiger partial charge is 0.256 e. The first-order valence-corrected chi connectivity index (χ1v) is 5.01. The fourth-order valence-electron chi connectivity index (χ4n) is 1.34. The van der Waals surface area contributed by atoms with Crippen LogP contribution in [0, 0.1) is 0 Å². The number of nitrogen functional groups attached to an aromatic ring is 1. The summed E-state index contributed by atoms with van der Waals surface area (Å²) in [4.78, 5) is 0. The molecule has 0 aliphatic rings. The van der Waals surface area contributed by atoms with Gasteiger partial charge in [-0.3, -0.25) is 0 Å². The number of halogens is 1. The molecule has 0 saturated carbocycles. The van der Waals surface area contributed by atoms with Crippen LogP contribution in [0.25, 0.3) is 11.3 Å². The van der Waals surface area contributed by atoms with Gasteiger partial charge in [-0.2, -0.15) is 0 Å². The third-order valence-corrected chi connectivity index (χ3v) is 2.34. The van der Waals surface area contributed by atoms with Gasteiger partial charge in [-0.1, -0.05) is 23.7 Å². The van der Waals surface area contributed by atoms with Gasteiger partial charge in [0.2, 0.25) is 0 Å². The summed E-state index contributed by atoms with van der Waals surface area (Å²) < 4.78 is 4.93. The summed E-state index contributed by atoms with van der Waals surface area (Å²) in [6, 6.07) is 9.04. The first kappa shape index (κ1) is 10.7. The van der Waals surface area contributed by atoms with Gasteiger partial charge in [-0.05, 0) is 18.2 Å². The van der Waals surface area contributed by atoms with Crippen LogP contribution < -0.4 is 10.5 Å². The molecule has 0 aliphatic heterocycles. The number of aromatic nitrogens is 2. The Bertz CT molecular complexity index is 516. The van der Waals surface area contributed by atoms with E-state index in [0.717, 1.165) is 5.56 Å². The Kier molecular flexibility index (Phi) is 2.92. The molecule has 0 fully saturated rings. The number of hydrogen-bond acceptors (Lipinski definition) is 4. The maximum Gasteiger partial charge on any atom is 0.256 e. The molecule has 82 valence electrons. The van der Waals surface area contributed by atoms with Crippen molar-refractivity contribution < 1.29 is 4.74 Å². The third-order valence-electron chi connectivity index (χ3n) is 2.10. The second-order valence-electron chi connectivity index (χ2n) is 3.20. The van der Waals surface area contributed by atoms with Gasteiger partial charge in [0.1, 0.15) is 0 Å². The Morgan fingerprint density at radius 1 is 1.25 bits per heavy atom. The zero-order valence-electron chi connectivity index (χ0n) is 8.64. The van der Waals surface area contributed by atoms with Crippen LogP contribution in [0.2, 0.25) is 5.02 Å². The molecule has 16 heavy (non-hydrogen) atoms. The van der Waals surface area contributed by atoms with Gasteiger partial charge in [0.25, 0.3) is 5.88 Å². The SMILES string of the molecule is COc1nnc(-c2cccc(Cl)c2)cc1N. The van der Waals surface area contributed by atoms with E-state index >= 15 is 0 Å². The predicted molar refractivity (Wildman–Crippen MR) is 63.4 cm³/mol. The van der Waals surface area contributed by atoms with Crippen LogP contribution in [0.4, 0.5) is 5.69 Å². The molecule has 2 N–H and O–H groups in total. The standard InChI is InChI=1S/C11H10ClN3O/c1-16-11-9(13)6-10(14-15-11)7-3-2-4-8(12)5-7/h2-6H,1H3,(H2,13,14). The van der Waals surface area contributed by atoms with Crippen molar-refractivity contribution in [2.24, 2.45) is 0 Å². The van der Waals surface area contributed by atoms with Crippen LogP contribution in [-0.2, 0) is 0 Å². The third kappa shape index (κ3) is 2.06. The lowest BCUT2D eigenvalue weighted by Gasteiger charge is -2.04. The zero-order valence-corrected chi connectivity index (χ0v) is 9.40. The molecule has 0 bridgehead atoms. The summed E-state index contributed by atoms with van der Waals surface area (Å²) in [5, 5.41) is 8.52. The van der Waals surface area contributed by atoms with Crippen molar-refractivity contribution in [3.63, 3.8) is 0 Å². The van der Waals surface area contributed by atoms with E-state index in [0.29, 0.717) is 22.3 Å². The molecule has 5 heteroatoms. The van der Waals surface area contributed by atoms with E-state index in [2.05, 4.69) is 10.2 Å². The molecule has 0 aliphatic carbocycles. The average molecular weight is 236 g/mol. The molecule has 1 aromatic carbocycles. The molecule has 0 atom stereocenters. The van der Waals surface area contributed by atoms with Crippen molar-refractivity contribution in [2.45, 2.75) is 0 Å².